The van der Waals surface area contributed by atoms with Crippen molar-refractivity contribution in [2.24, 2.45) is 0 Å². The number of halogens is 1. The monoisotopic (exact) mass is 383 g/mol. The number of carbonyl (C=O) groups is 2. The number of H-pyrrole nitrogens is 1. The Morgan fingerprint density at radius 3 is 2.07 bits per heavy atom. The molecule has 0 saturated carbocycles. The van der Waals surface area contributed by atoms with E-state index in [4.69, 9.17) is 21.1 Å². The molecular weight excluding hydrogens is 366 g/mol. The minimum absolute atomic E-state index is 0.151. The Hall–Kier alpha value is -3.05. The summed E-state index contributed by atoms with van der Waals surface area (Å²) < 4.78 is 9.86. The van der Waals surface area contributed by atoms with Crippen molar-refractivity contribution in [1.29, 1.82) is 0 Å². The highest BCUT2D eigenvalue weighted by atomic mass is 35.5. The molecule has 0 amide bonds. The zero-order chi connectivity index (χ0) is 19.4. The lowest BCUT2D eigenvalue weighted by Gasteiger charge is -2.06. The Morgan fingerprint density at radius 2 is 1.48 bits per heavy atom. The summed E-state index contributed by atoms with van der Waals surface area (Å²) in [4.78, 5) is 28.2. The fraction of sp³-hybridized carbons (Fsp3) is 0.143. The van der Waals surface area contributed by atoms with Crippen LogP contribution in [0.3, 0.4) is 0 Å². The Labute approximate surface area is 161 Å². The predicted molar refractivity (Wildman–Crippen MR) is 103 cm³/mol. The second-order valence-corrected chi connectivity index (χ2v) is 6.32. The molecule has 0 aliphatic carbocycles. The number of hydrogen-bond donors (Lipinski definition) is 1. The third-order valence-electron chi connectivity index (χ3n) is 4.21. The molecule has 1 N–H and O–H groups in total. The third kappa shape index (κ3) is 3.88. The molecule has 27 heavy (non-hydrogen) atoms. The van der Waals surface area contributed by atoms with Gasteiger partial charge in [0, 0.05) is 17.1 Å². The van der Waals surface area contributed by atoms with Crippen LogP contribution < -0.4 is 0 Å². The van der Waals surface area contributed by atoms with E-state index < -0.39 is 11.9 Å². The van der Waals surface area contributed by atoms with Gasteiger partial charge in [0.2, 0.25) is 0 Å². The molecule has 0 saturated heterocycles. The average molecular weight is 384 g/mol. The summed E-state index contributed by atoms with van der Waals surface area (Å²) in [5.74, 6) is -1.21. The van der Waals surface area contributed by atoms with Crippen molar-refractivity contribution in [2.45, 2.75) is 6.42 Å². The van der Waals surface area contributed by atoms with E-state index in [1.165, 1.54) is 14.2 Å². The molecule has 0 aliphatic rings. The van der Waals surface area contributed by atoms with E-state index in [0.717, 1.165) is 5.56 Å². The standard InChI is InChI=1S/C21H18ClNO4/c1-26-20(24)17-16(12-13-6-4-3-5-7-13)23-19(18(17)21(25)27-2)14-8-10-15(22)11-9-14/h3-11,23H,12H2,1-2H3. The first-order valence-corrected chi connectivity index (χ1v) is 8.64. The molecule has 0 spiro atoms. The van der Waals surface area contributed by atoms with Gasteiger partial charge in [-0.05, 0) is 23.3 Å². The van der Waals surface area contributed by atoms with Crippen LogP contribution in [0.2, 0.25) is 5.02 Å². The van der Waals surface area contributed by atoms with Crippen molar-refractivity contribution in [3.05, 3.63) is 82.0 Å². The van der Waals surface area contributed by atoms with Crippen molar-refractivity contribution in [1.82, 2.24) is 4.98 Å². The van der Waals surface area contributed by atoms with Crippen LogP contribution in [0.4, 0.5) is 0 Å². The van der Waals surface area contributed by atoms with E-state index in [1.807, 2.05) is 30.3 Å². The Balaban J connectivity index is 2.21. The first-order valence-electron chi connectivity index (χ1n) is 8.26. The van der Waals surface area contributed by atoms with Crippen molar-refractivity contribution >= 4 is 23.5 Å². The van der Waals surface area contributed by atoms with E-state index in [-0.39, 0.29) is 11.1 Å². The van der Waals surface area contributed by atoms with E-state index in [0.29, 0.717) is 28.4 Å². The van der Waals surface area contributed by atoms with Crippen LogP contribution >= 0.6 is 11.6 Å². The second-order valence-electron chi connectivity index (χ2n) is 5.88. The molecule has 138 valence electrons. The lowest BCUT2D eigenvalue weighted by Crippen LogP contribution is -2.12. The first-order chi connectivity index (χ1) is 13.0. The number of methoxy groups -OCH3 is 2. The number of aromatic nitrogens is 1. The Morgan fingerprint density at radius 1 is 0.889 bits per heavy atom. The molecule has 3 rings (SSSR count). The van der Waals surface area contributed by atoms with E-state index in [9.17, 15) is 9.59 Å². The minimum Gasteiger partial charge on any atom is -0.465 e. The number of carbonyl (C=O) groups excluding carboxylic acids is 2. The lowest BCUT2D eigenvalue weighted by molar-refractivity contribution is 0.0556. The van der Waals surface area contributed by atoms with Crippen molar-refractivity contribution in [3.63, 3.8) is 0 Å². The highest BCUT2D eigenvalue weighted by molar-refractivity contribution is 6.30. The molecule has 0 atom stereocenters. The first kappa shape index (κ1) is 18.7. The fourth-order valence-electron chi connectivity index (χ4n) is 2.95. The maximum Gasteiger partial charge on any atom is 0.340 e. The Kier molecular flexibility index (Phi) is 5.62. The summed E-state index contributed by atoms with van der Waals surface area (Å²) in [6, 6.07) is 16.6. The van der Waals surface area contributed by atoms with Crippen molar-refractivity contribution < 1.29 is 19.1 Å². The topological polar surface area (TPSA) is 68.4 Å². The molecule has 1 aromatic heterocycles. The van der Waals surface area contributed by atoms with Crippen LogP contribution in [0.25, 0.3) is 11.3 Å². The zero-order valence-corrected chi connectivity index (χ0v) is 15.7. The quantitative estimate of drug-likeness (QED) is 0.659. The normalized spacial score (nSPS) is 10.5. The van der Waals surface area contributed by atoms with Gasteiger partial charge in [-0.3, -0.25) is 0 Å². The molecular formula is C21H18ClNO4. The largest absolute Gasteiger partial charge is 0.465 e. The van der Waals surface area contributed by atoms with Gasteiger partial charge in [0.1, 0.15) is 0 Å². The highest BCUT2D eigenvalue weighted by Crippen LogP contribution is 2.31. The maximum absolute atomic E-state index is 12.5. The number of rotatable bonds is 5. The number of hydrogen-bond acceptors (Lipinski definition) is 4. The van der Waals surface area contributed by atoms with Gasteiger partial charge in [-0.1, -0.05) is 54.1 Å². The number of esters is 2. The van der Waals surface area contributed by atoms with Gasteiger partial charge in [-0.2, -0.15) is 0 Å². The number of aromatic amines is 1. The van der Waals surface area contributed by atoms with Gasteiger partial charge in [-0.15, -0.1) is 0 Å². The van der Waals surface area contributed by atoms with Gasteiger partial charge < -0.3 is 14.5 Å². The van der Waals surface area contributed by atoms with Crippen LogP contribution in [0.15, 0.2) is 54.6 Å². The smallest absolute Gasteiger partial charge is 0.340 e. The van der Waals surface area contributed by atoms with E-state index in [2.05, 4.69) is 4.98 Å². The van der Waals surface area contributed by atoms with E-state index in [1.54, 1.807) is 24.3 Å². The molecule has 0 bridgehead atoms. The van der Waals surface area contributed by atoms with Gasteiger partial charge in [0.05, 0.1) is 31.0 Å². The summed E-state index contributed by atoms with van der Waals surface area (Å²) in [6.45, 7) is 0. The highest BCUT2D eigenvalue weighted by Gasteiger charge is 2.29. The SMILES string of the molecule is COC(=O)c1c(Cc2ccccc2)[nH]c(-c2ccc(Cl)cc2)c1C(=O)OC. The van der Waals surface area contributed by atoms with Crippen LogP contribution in [-0.2, 0) is 15.9 Å². The predicted octanol–water partition coefficient (Wildman–Crippen LogP) is 4.50. The summed E-state index contributed by atoms with van der Waals surface area (Å²) >= 11 is 5.97. The summed E-state index contributed by atoms with van der Waals surface area (Å²) in [5.41, 5.74) is 3.10. The van der Waals surface area contributed by atoms with Gasteiger partial charge in [0.15, 0.2) is 0 Å². The summed E-state index contributed by atoms with van der Waals surface area (Å²) in [5, 5.41) is 0.572. The van der Waals surface area contributed by atoms with E-state index >= 15 is 0 Å². The van der Waals surface area contributed by atoms with Gasteiger partial charge in [-0.25, -0.2) is 9.59 Å². The fourth-order valence-corrected chi connectivity index (χ4v) is 3.08. The molecule has 0 unspecified atom stereocenters. The van der Waals surface area contributed by atoms with Crippen LogP contribution in [0.1, 0.15) is 32.0 Å². The lowest BCUT2D eigenvalue weighted by atomic mass is 10.0. The summed E-state index contributed by atoms with van der Waals surface area (Å²) in [6.07, 6.45) is 0.433. The molecule has 0 aliphatic heterocycles. The molecule has 0 radical (unpaired) electrons. The second kappa shape index (κ2) is 8.10. The van der Waals surface area contributed by atoms with Crippen molar-refractivity contribution in [3.8, 4) is 11.3 Å². The maximum atomic E-state index is 12.5. The average Bonchev–Trinajstić information content (AvgIpc) is 3.07. The number of benzene rings is 2. The zero-order valence-electron chi connectivity index (χ0n) is 14.9. The molecule has 6 heteroatoms. The summed E-state index contributed by atoms with van der Waals surface area (Å²) in [7, 11) is 2.56. The number of nitrogens with one attached hydrogen (secondary N) is 1. The van der Waals surface area contributed by atoms with Crippen LogP contribution in [0, 0.1) is 0 Å². The third-order valence-corrected chi connectivity index (χ3v) is 4.47. The molecule has 5 nitrogen and oxygen atoms in total. The van der Waals surface area contributed by atoms with Gasteiger partial charge in [0.25, 0.3) is 0 Å². The molecule has 3 aromatic rings. The number of ether oxygens (including phenoxy) is 2. The Bertz CT molecular complexity index is 962. The minimum atomic E-state index is -0.615. The van der Waals surface area contributed by atoms with Crippen LogP contribution in [-0.4, -0.2) is 31.1 Å². The molecule has 1 heterocycles. The van der Waals surface area contributed by atoms with Crippen molar-refractivity contribution in [2.75, 3.05) is 14.2 Å². The van der Waals surface area contributed by atoms with Crippen LogP contribution in [0.5, 0.6) is 0 Å². The molecule has 2 aromatic carbocycles. The molecule has 0 fully saturated rings. The van der Waals surface area contributed by atoms with Gasteiger partial charge >= 0.3 is 11.9 Å².